The van der Waals surface area contributed by atoms with Gasteiger partial charge in [0, 0.05) is 43.8 Å². The number of imidazole rings is 1. The van der Waals surface area contributed by atoms with Gasteiger partial charge in [-0.3, -0.25) is 4.79 Å². The summed E-state index contributed by atoms with van der Waals surface area (Å²) in [6.07, 6.45) is 7.40. The number of piperidine rings is 1. The highest BCUT2D eigenvalue weighted by molar-refractivity contribution is 7.09. The molecule has 0 bridgehead atoms. The summed E-state index contributed by atoms with van der Waals surface area (Å²) in [6.45, 7) is 3.98. The molecule has 0 N–H and O–H groups in total. The Morgan fingerprint density at radius 2 is 2.27 bits per heavy atom. The van der Waals surface area contributed by atoms with Crippen LogP contribution in [-0.4, -0.2) is 53.2 Å². The lowest BCUT2D eigenvalue weighted by atomic mass is 9.97. The smallest absolute Gasteiger partial charge is 0.273 e. The SMILES string of the molecule is Cc1nc(C(=O)N2CCC[C@@H](c3nnc(Cn4ccnc4)n3C)C2)cs1. The second kappa shape index (κ2) is 6.99. The Morgan fingerprint density at radius 3 is 3.00 bits per heavy atom. The average Bonchev–Trinajstić information content (AvgIpc) is 3.38. The van der Waals surface area contributed by atoms with Crippen LogP contribution in [0.4, 0.5) is 0 Å². The third kappa shape index (κ3) is 3.26. The van der Waals surface area contributed by atoms with E-state index in [1.54, 1.807) is 12.5 Å². The quantitative estimate of drug-likeness (QED) is 0.699. The molecule has 136 valence electrons. The van der Waals surface area contributed by atoms with Crippen LogP contribution in [0.1, 0.15) is 45.9 Å². The first-order valence-electron chi connectivity index (χ1n) is 8.67. The minimum Gasteiger partial charge on any atom is -0.337 e. The molecule has 0 spiro atoms. The average molecular weight is 371 g/mol. The van der Waals surface area contributed by atoms with Crippen molar-refractivity contribution < 1.29 is 4.79 Å². The van der Waals surface area contributed by atoms with Crippen molar-refractivity contribution in [2.24, 2.45) is 7.05 Å². The van der Waals surface area contributed by atoms with E-state index in [9.17, 15) is 4.79 Å². The largest absolute Gasteiger partial charge is 0.337 e. The van der Waals surface area contributed by atoms with Crippen LogP contribution in [0.5, 0.6) is 0 Å². The first kappa shape index (κ1) is 16.9. The molecule has 1 aliphatic rings. The topological polar surface area (TPSA) is 81.7 Å². The van der Waals surface area contributed by atoms with E-state index in [0.717, 1.165) is 36.0 Å². The summed E-state index contributed by atoms with van der Waals surface area (Å²) in [7, 11) is 1.99. The van der Waals surface area contributed by atoms with Crippen LogP contribution in [0.3, 0.4) is 0 Å². The highest BCUT2D eigenvalue weighted by Gasteiger charge is 2.29. The molecule has 0 aliphatic carbocycles. The molecule has 9 heteroatoms. The Balaban J connectivity index is 1.49. The summed E-state index contributed by atoms with van der Waals surface area (Å²) < 4.78 is 4.01. The van der Waals surface area contributed by atoms with Crippen molar-refractivity contribution in [2.75, 3.05) is 13.1 Å². The predicted molar refractivity (Wildman–Crippen MR) is 97.1 cm³/mol. The maximum Gasteiger partial charge on any atom is 0.273 e. The standard InChI is InChI=1S/C17H21N7OS/c1-12-19-14(10-26-12)17(25)24-6-3-4-13(8-24)16-21-20-15(22(16)2)9-23-7-5-18-11-23/h5,7,10-11,13H,3-4,6,8-9H2,1-2H3/t13-/m1/s1. The number of hydrogen-bond acceptors (Lipinski definition) is 6. The normalized spacial score (nSPS) is 17.6. The van der Waals surface area contributed by atoms with Crippen LogP contribution in [-0.2, 0) is 13.6 Å². The first-order valence-corrected chi connectivity index (χ1v) is 9.55. The summed E-state index contributed by atoms with van der Waals surface area (Å²) in [5, 5.41) is 11.5. The van der Waals surface area contributed by atoms with Crippen LogP contribution in [0.15, 0.2) is 24.1 Å². The van der Waals surface area contributed by atoms with Gasteiger partial charge >= 0.3 is 0 Å². The van der Waals surface area contributed by atoms with E-state index in [1.165, 1.54) is 11.3 Å². The molecule has 26 heavy (non-hydrogen) atoms. The van der Waals surface area contributed by atoms with Crippen molar-refractivity contribution in [1.82, 2.24) is 34.2 Å². The van der Waals surface area contributed by atoms with Gasteiger partial charge in [0.05, 0.1) is 17.9 Å². The fourth-order valence-corrected chi connectivity index (χ4v) is 3.99. The van der Waals surface area contributed by atoms with Gasteiger partial charge in [0.2, 0.25) is 0 Å². The lowest BCUT2D eigenvalue weighted by Crippen LogP contribution is -2.39. The van der Waals surface area contributed by atoms with Gasteiger partial charge in [0.1, 0.15) is 11.5 Å². The van der Waals surface area contributed by atoms with Gasteiger partial charge in [0.15, 0.2) is 5.82 Å². The van der Waals surface area contributed by atoms with Gasteiger partial charge in [-0.1, -0.05) is 0 Å². The van der Waals surface area contributed by atoms with Gasteiger partial charge < -0.3 is 14.0 Å². The second-order valence-electron chi connectivity index (χ2n) is 6.61. The third-order valence-corrected chi connectivity index (χ3v) is 5.57. The monoisotopic (exact) mass is 371 g/mol. The molecular formula is C17H21N7OS. The molecule has 1 fully saturated rings. The maximum absolute atomic E-state index is 12.7. The minimum absolute atomic E-state index is 0.0138. The number of carbonyl (C=O) groups is 1. The zero-order valence-electron chi connectivity index (χ0n) is 14.9. The van der Waals surface area contributed by atoms with Gasteiger partial charge in [-0.15, -0.1) is 21.5 Å². The van der Waals surface area contributed by atoms with Gasteiger partial charge in [0.25, 0.3) is 5.91 Å². The summed E-state index contributed by atoms with van der Waals surface area (Å²) in [5.41, 5.74) is 0.548. The molecule has 1 amide bonds. The van der Waals surface area contributed by atoms with Crippen molar-refractivity contribution in [2.45, 2.75) is 32.2 Å². The summed E-state index contributed by atoms with van der Waals surface area (Å²) >= 11 is 1.51. The summed E-state index contributed by atoms with van der Waals surface area (Å²) in [4.78, 5) is 23.0. The molecule has 1 saturated heterocycles. The fraction of sp³-hybridized carbons (Fsp3) is 0.471. The van der Waals surface area contributed by atoms with Gasteiger partial charge in [-0.25, -0.2) is 9.97 Å². The number of thiazole rings is 1. The zero-order valence-corrected chi connectivity index (χ0v) is 15.7. The first-order chi connectivity index (χ1) is 12.6. The summed E-state index contributed by atoms with van der Waals surface area (Å²) in [6, 6.07) is 0. The zero-order chi connectivity index (χ0) is 18.1. The number of amides is 1. The summed E-state index contributed by atoms with van der Waals surface area (Å²) in [5.74, 6) is 2.03. The molecule has 4 heterocycles. The van der Waals surface area contributed by atoms with Crippen LogP contribution in [0.2, 0.25) is 0 Å². The number of aromatic nitrogens is 6. The van der Waals surface area contributed by atoms with Crippen LogP contribution in [0, 0.1) is 6.92 Å². The van der Waals surface area contributed by atoms with Crippen molar-refractivity contribution in [3.05, 3.63) is 46.5 Å². The van der Waals surface area contributed by atoms with Crippen LogP contribution < -0.4 is 0 Å². The highest BCUT2D eigenvalue weighted by Crippen LogP contribution is 2.27. The van der Waals surface area contributed by atoms with E-state index < -0.39 is 0 Å². The van der Waals surface area contributed by atoms with E-state index in [4.69, 9.17) is 0 Å². The van der Waals surface area contributed by atoms with Crippen molar-refractivity contribution in [3.8, 4) is 0 Å². The molecule has 0 aromatic carbocycles. The Hall–Kier alpha value is -2.55. The van der Waals surface area contributed by atoms with Crippen LogP contribution >= 0.6 is 11.3 Å². The number of nitrogens with zero attached hydrogens (tertiary/aromatic N) is 7. The highest BCUT2D eigenvalue weighted by atomic mass is 32.1. The Kier molecular flexibility index (Phi) is 4.54. The number of hydrogen-bond donors (Lipinski definition) is 0. The molecule has 0 radical (unpaired) electrons. The lowest BCUT2D eigenvalue weighted by molar-refractivity contribution is 0.0698. The van der Waals surface area contributed by atoms with Gasteiger partial charge in [-0.05, 0) is 19.8 Å². The minimum atomic E-state index is 0.0138. The molecule has 0 saturated carbocycles. The van der Waals surface area contributed by atoms with E-state index >= 15 is 0 Å². The van der Waals surface area contributed by atoms with Crippen molar-refractivity contribution >= 4 is 17.2 Å². The molecule has 8 nitrogen and oxygen atoms in total. The molecule has 1 atom stereocenters. The number of rotatable bonds is 4. The molecule has 3 aromatic rings. The second-order valence-corrected chi connectivity index (χ2v) is 7.67. The van der Waals surface area contributed by atoms with Gasteiger partial charge in [-0.2, -0.15) is 0 Å². The number of likely N-dealkylation sites (tertiary alicyclic amines) is 1. The Morgan fingerprint density at radius 1 is 1.38 bits per heavy atom. The van der Waals surface area contributed by atoms with Crippen LogP contribution in [0.25, 0.3) is 0 Å². The van der Waals surface area contributed by atoms with E-state index in [2.05, 4.69) is 20.2 Å². The third-order valence-electron chi connectivity index (χ3n) is 4.79. The molecule has 3 aromatic heterocycles. The molecule has 1 aliphatic heterocycles. The Bertz CT molecular complexity index is 898. The van der Waals surface area contributed by atoms with E-state index in [1.807, 2.05) is 39.6 Å². The maximum atomic E-state index is 12.7. The lowest BCUT2D eigenvalue weighted by Gasteiger charge is -2.31. The molecule has 4 rings (SSSR count). The fourth-order valence-electron chi connectivity index (χ4n) is 3.41. The van der Waals surface area contributed by atoms with E-state index in [0.29, 0.717) is 18.8 Å². The number of carbonyl (C=O) groups excluding carboxylic acids is 1. The predicted octanol–water partition coefficient (Wildman–Crippen LogP) is 1.84. The Labute approximate surface area is 155 Å². The molecule has 0 unspecified atom stereocenters. The van der Waals surface area contributed by atoms with Crippen molar-refractivity contribution in [3.63, 3.8) is 0 Å². The number of aryl methyl sites for hydroxylation is 1. The van der Waals surface area contributed by atoms with Crippen molar-refractivity contribution in [1.29, 1.82) is 0 Å². The van der Waals surface area contributed by atoms with E-state index in [-0.39, 0.29) is 11.8 Å². The molecular weight excluding hydrogens is 350 g/mol.